The number of nitro benzene ring substituents is 1. The molecule has 0 amide bonds. The number of rotatable bonds is 5. The van der Waals surface area contributed by atoms with E-state index in [2.05, 4.69) is 4.98 Å². The number of fused-ring (bicyclic) bond motifs is 1. The van der Waals surface area contributed by atoms with Gasteiger partial charge in [0.1, 0.15) is 11.6 Å². The third-order valence-corrected chi connectivity index (χ3v) is 6.21. The van der Waals surface area contributed by atoms with Crippen LogP contribution in [0.3, 0.4) is 0 Å². The van der Waals surface area contributed by atoms with Gasteiger partial charge in [-0.05, 0) is 37.3 Å². The lowest BCUT2D eigenvalue weighted by Gasteiger charge is -2.09. The summed E-state index contributed by atoms with van der Waals surface area (Å²) >= 11 is 0.964. The first-order valence-corrected chi connectivity index (χ1v) is 10.7. The summed E-state index contributed by atoms with van der Waals surface area (Å²) in [6.45, 7) is 1.64. The van der Waals surface area contributed by atoms with Crippen LogP contribution in [0.1, 0.15) is 21.9 Å². The largest absolute Gasteiger partial charge is 0.503 e. The molecular formula is C23H14FN3O6S. The Kier molecular flexibility index (Phi) is 4.91. The van der Waals surface area contributed by atoms with Gasteiger partial charge in [-0.25, -0.2) is 9.37 Å². The summed E-state index contributed by atoms with van der Waals surface area (Å²) < 4.78 is 21.8. The number of aromatic nitrogens is 2. The molecule has 0 fully saturated rings. The molecule has 0 radical (unpaired) electrons. The van der Waals surface area contributed by atoms with Crippen molar-refractivity contribution in [1.29, 1.82) is 0 Å². The monoisotopic (exact) mass is 479 g/mol. The van der Waals surface area contributed by atoms with Crippen LogP contribution >= 0.6 is 11.3 Å². The number of aromatic hydroxyl groups is 2. The van der Waals surface area contributed by atoms with Gasteiger partial charge in [0.25, 0.3) is 5.69 Å². The highest BCUT2D eigenvalue weighted by molar-refractivity contribution is 7.20. The van der Waals surface area contributed by atoms with E-state index in [-0.39, 0.29) is 33.4 Å². The molecule has 0 atom stereocenters. The van der Waals surface area contributed by atoms with Crippen molar-refractivity contribution in [2.24, 2.45) is 0 Å². The van der Waals surface area contributed by atoms with Gasteiger partial charge in [0.05, 0.1) is 26.4 Å². The zero-order chi connectivity index (χ0) is 24.1. The van der Waals surface area contributed by atoms with E-state index >= 15 is 0 Å². The maximum absolute atomic E-state index is 14.9. The predicted molar refractivity (Wildman–Crippen MR) is 121 cm³/mol. The van der Waals surface area contributed by atoms with Crippen LogP contribution in [0.15, 0.2) is 59.0 Å². The molecule has 2 N–H and O–H groups in total. The molecule has 2 aromatic carbocycles. The quantitative estimate of drug-likeness (QED) is 0.197. The molecule has 34 heavy (non-hydrogen) atoms. The summed E-state index contributed by atoms with van der Waals surface area (Å²) in [5.41, 5.74) is -0.356. The third-order valence-electron chi connectivity index (χ3n) is 5.20. The molecule has 0 aliphatic rings. The highest BCUT2D eigenvalue weighted by atomic mass is 32.1. The van der Waals surface area contributed by atoms with E-state index in [1.807, 2.05) is 0 Å². The van der Waals surface area contributed by atoms with Crippen molar-refractivity contribution in [2.75, 3.05) is 0 Å². The molecule has 3 heterocycles. The SMILES string of the molecule is Cc1ccc(C(=O)c2c(O)c(O)n(-c3nc4ccc([N+](=O)[O-])cc4s3)c2-c2ccccc2F)o1. The summed E-state index contributed by atoms with van der Waals surface area (Å²) in [5.74, 6) is -2.65. The number of halogens is 1. The van der Waals surface area contributed by atoms with E-state index in [9.17, 15) is 29.5 Å². The second-order valence-corrected chi connectivity index (χ2v) is 8.37. The summed E-state index contributed by atoms with van der Waals surface area (Å²) in [7, 11) is 0. The maximum atomic E-state index is 14.9. The highest BCUT2D eigenvalue weighted by Crippen LogP contribution is 2.46. The number of non-ortho nitro benzene ring substituents is 1. The number of hydrogen-bond donors (Lipinski definition) is 2. The zero-order valence-corrected chi connectivity index (χ0v) is 18.2. The molecule has 3 aromatic heterocycles. The first-order valence-electron chi connectivity index (χ1n) is 9.84. The first-order chi connectivity index (χ1) is 16.3. The van der Waals surface area contributed by atoms with Crippen LogP contribution in [0.25, 0.3) is 26.6 Å². The third kappa shape index (κ3) is 3.30. The number of aryl methyl sites for hydroxylation is 1. The van der Waals surface area contributed by atoms with Crippen LogP contribution in [0, 0.1) is 22.9 Å². The van der Waals surface area contributed by atoms with Gasteiger partial charge in [0.2, 0.25) is 11.7 Å². The number of furan rings is 1. The van der Waals surface area contributed by atoms with Gasteiger partial charge in [0.15, 0.2) is 16.6 Å². The number of nitrogens with zero attached hydrogens (tertiary/aromatic N) is 3. The van der Waals surface area contributed by atoms with Crippen LogP contribution in [0.4, 0.5) is 10.1 Å². The van der Waals surface area contributed by atoms with Crippen molar-refractivity contribution in [3.8, 4) is 28.0 Å². The molecule has 0 unspecified atom stereocenters. The number of nitro groups is 1. The van der Waals surface area contributed by atoms with Gasteiger partial charge in [-0.3, -0.25) is 19.5 Å². The Morgan fingerprint density at radius 3 is 2.62 bits per heavy atom. The van der Waals surface area contributed by atoms with Gasteiger partial charge in [-0.15, -0.1) is 0 Å². The fourth-order valence-corrected chi connectivity index (χ4v) is 4.66. The number of thiazole rings is 1. The van der Waals surface area contributed by atoms with Crippen molar-refractivity contribution >= 4 is 33.0 Å². The van der Waals surface area contributed by atoms with Crippen molar-refractivity contribution in [2.45, 2.75) is 6.92 Å². The molecule has 5 rings (SSSR count). The van der Waals surface area contributed by atoms with E-state index in [0.717, 1.165) is 15.9 Å². The van der Waals surface area contributed by atoms with E-state index in [1.165, 1.54) is 48.5 Å². The Hall–Kier alpha value is -4.51. The van der Waals surface area contributed by atoms with Gasteiger partial charge in [-0.2, -0.15) is 0 Å². The van der Waals surface area contributed by atoms with Crippen LogP contribution in [0.2, 0.25) is 0 Å². The molecule has 0 bridgehead atoms. The van der Waals surface area contributed by atoms with Gasteiger partial charge in [-0.1, -0.05) is 23.5 Å². The topological polar surface area (TPSA) is 132 Å². The molecule has 5 aromatic rings. The smallest absolute Gasteiger partial charge is 0.270 e. The summed E-state index contributed by atoms with van der Waals surface area (Å²) in [6.07, 6.45) is 0. The molecule has 0 spiro atoms. The first kappa shape index (κ1) is 21.3. The fourth-order valence-electron chi connectivity index (χ4n) is 3.65. The molecule has 9 nitrogen and oxygen atoms in total. The molecule has 11 heteroatoms. The second-order valence-electron chi connectivity index (χ2n) is 7.36. The Labute approximate surface area is 194 Å². The van der Waals surface area contributed by atoms with Crippen molar-refractivity contribution in [1.82, 2.24) is 9.55 Å². The lowest BCUT2D eigenvalue weighted by atomic mass is 10.0. The average Bonchev–Trinajstić information content (AvgIpc) is 3.49. The number of carbonyl (C=O) groups excluding carboxylic acids is 1. The number of benzene rings is 2. The molecule has 0 aliphatic heterocycles. The Balaban J connectivity index is 1.81. The second kappa shape index (κ2) is 7.81. The predicted octanol–water partition coefficient (Wildman–Crippen LogP) is 5.34. The molecular weight excluding hydrogens is 465 g/mol. The molecule has 0 aliphatic carbocycles. The normalized spacial score (nSPS) is 11.2. The Morgan fingerprint density at radius 1 is 1.18 bits per heavy atom. The maximum Gasteiger partial charge on any atom is 0.270 e. The average molecular weight is 479 g/mol. The lowest BCUT2D eigenvalue weighted by Crippen LogP contribution is -2.05. The Bertz CT molecular complexity index is 1620. The molecule has 0 saturated heterocycles. The lowest BCUT2D eigenvalue weighted by molar-refractivity contribution is -0.384. The number of carbonyl (C=O) groups is 1. The van der Waals surface area contributed by atoms with Gasteiger partial charge in [0, 0.05) is 17.7 Å². The zero-order valence-electron chi connectivity index (χ0n) is 17.4. The molecule has 0 saturated carbocycles. The Morgan fingerprint density at radius 2 is 1.94 bits per heavy atom. The van der Waals surface area contributed by atoms with Gasteiger partial charge >= 0.3 is 0 Å². The highest BCUT2D eigenvalue weighted by Gasteiger charge is 2.33. The minimum atomic E-state index is -0.775. The van der Waals surface area contributed by atoms with E-state index in [4.69, 9.17) is 4.42 Å². The van der Waals surface area contributed by atoms with E-state index in [1.54, 1.807) is 13.0 Å². The van der Waals surface area contributed by atoms with Crippen LogP contribution in [-0.2, 0) is 0 Å². The van der Waals surface area contributed by atoms with E-state index < -0.39 is 28.2 Å². The van der Waals surface area contributed by atoms with Crippen molar-refractivity contribution in [3.63, 3.8) is 0 Å². The van der Waals surface area contributed by atoms with Crippen molar-refractivity contribution < 1.29 is 28.7 Å². The van der Waals surface area contributed by atoms with Crippen molar-refractivity contribution in [3.05, 3.63) is 87.6 Å². The summed E-state index contributed by atoms with van der Waals surface area (Å²) in [6, 6.07) is 12.6. The minimum Gasteiger partial charge on any atom is -0.503 e. The molecule has 170 valence electrons. The minimum absolute atomic E-state index is 0.0660. The number of hydrogen-bond acceptors (Lipinski definition) is 8. The van der Waals surface area contributed by atoms with E-state index in [0.29, 0.717) is 16.0 Å². The fraction of sp³-hybridized carbons (Fsp3) is 0.0435. The standard InChI is InChI=1S/C23H14FN3O6S/c1-11-6-9-16(33-11)20(28)18-19(13-4-2-3-5-14(13)24)26(22(30)21(18)29)23-25-15-8-7-12(27(31)32)10-17(15)34-23/h2-10,29-30H,1H3. The van der Waals surface area contributed by atoms with Crippen LogP contribution < -0.4 is 0 Å². The van der Waals surface area contributed by atoms with Crippen LogP contribution in [-0.4, -0.2) is 30.5 Å². The number of ketones is 1. The van der Waals surface area contributed by atoms with Crippen LogP contribution in [0.5, 0.6) is 11.6 Å². The van der Waals surface area contributed by atoms with Gasteiger partial charge < -0.3 is 14.6 Å². The summed E-state index contributed by atoms with van der Waals surface area (Å²) in [5, 5.41) is 32.8. The summed E-state index contributed by atoms with van der Waals surface area (Å²) in [4.78, 5) is 28.2.